The zero-order valence-corrected chi connectivity index (χ0v) is 9.73. The van der Waals surface area contributed by atoms with Crippen LogP contribution < -0.4 is 0 Å². The molecule has 1 aromatic rings. The number of piperidine rings is 1. The van der Waals surface area contributed by atoms with E-state index in [1.54, 1.807) is 18.1 Å². The van der Waals surface area contributed by atoms with E-state index in [9.17, 15) is 9.18 Å². The first-order chi connectivity index (χ1) is 8.22. The minimum atomic E-state index is -0.711. The summed E-state index contributed by atoms with van der Waals surface area (Å²) in [5.41, 5.74) is 0.0317. The lowest BCUT2D eigenvalue weighted by molar-refractivity contribution is 0.0266. The van der Waals surface area contributed by atoms with Crippen molar-refractivity contribution in [1.29, 1.82) is 0 Å². The Morgan fingerprint density at radius 1 is 1.65 bits per heavy atom. The maximum absolute atomic E-state index is 13.4. The number of aromatic nitrogens is 1. The molecule has 1 fully saturated rings. The molecule has 1 aliphatic rings. The maximum Gasteiger partial charge on any atom is 0.258 e. The maximum atomic E-state index is 13.4. The van der Waals surface area contributed by atoms with Crippen LogP contribution in [0.1, 0.15) is 23.2 Å². The molecule has 1 saturated heterocycles. The number of pyridine rings is 1. The first-order valence-corrected chi connectivity index (χ1v) is 5.65. The van der Waals surface area contributed by atoms with E-state index in [4.69, 9.17) is 4.74 Å². The highest BCUT2D eigenvalue weighted by molar-refractivity contribution is 5.94. The van der Waals surface area contributed by atoms with Crippen LogP contribution in [0.3, 0.4) is 0 Å². The van der Waals surface area contributed by atoms with Crippen LogP contribution in [0.25, 0.3) is 0 Å². The number of rotatable bonds is 2. The fourth-order valence-corrected chi connectivity index (χ4v) is 2.03. The molecule has 1 aromatic heterocycles. The van der Waals surface area contributed by atoms with Crippen LogP contribution in [0, 0.1) is 5.95 Å². The lowest BCUT2D eigenvalue weighted by Crippen LogP contribution is -2.43. The summed E-state index contributed by atoms with van der Waals surface area (Å²) in [6.45, 7) is 1.16. The lowest BCUT2D eigenvalue weighted by Gasteiger charge is -2.31. The molecule has 1 amide bonds. The minimum absolute atomic E-state index is 0.0317. The predicted octanol–water partition coefficient (Wildman–Crippen LogP) is 1.47. The highest BCUT2D eigenvalue weighted by Crippen LogP contribution is 2.16. The summed E-state index contributed by atoms with van der Waals surface area (Å²) in [7, 11) is 1.63. The van der Waals surface area contributed by atoms with Gasteiger partial charge in [-0.3, -0.25) is 4.79 Å². The van der Waals surface area contributed by atoms with E-state index in [0.717, 1.165) is 12.8 Å². The van der Waals surface area contributed by atoms with Crippen LogP contribution in [0.2, 0.25) is 0 Å². The molecule has 0 radical (unpaired) electrons. The van der Waals surface area contributed by atoms with Crippen LogP contribution in [0.5, 0.6) is 0 Å². The summed E-state index contributed by atoms with van der Waals surface area (Å²) in [6, 6.07) is 3.02. The standard InChI is InChI=1S/C12H15FN2O2/c1-17-9-4-3-7-15(8-9)12(16)10-5-2-6-14-11(10)13/h2,5-6,9H,3-4,7-8H2,1H3. The monoisotopic (exact) mass is 238 g/mol. The van der Waals surface area contributed by atoms with Crippen molar-refractivity contribution in [3.8, 4) is 0 Å². The Bertz CT molecular complexity index is 411. The van der Waals surface area contributed by atoms with E-state index in [2.05, 4.69) is 4.98 Å². The first-order valence-electron chi connectivity index (χ1n) is 5.65. The summed E-state index contributed by atoms with van der Waals surface area (Å²) in [5.74, 6) is -1.02. The molecule has 0 aliphatic carbocycles. The van der Waals surface area contributed by atoms with Gasteiger partial charge in [0.1, 0.15) is 0 Å². The van der Waals surface area contributed by atoms with Crippen molar-refractivity contribution in [3.05, 3.63) is 29.8 Å². The van der Waals surface area contributed by atoms with E-state index < -0.39 is 5.95 Å². The number of halogens is 1. The SMILES string of the molecule is COC1CCCN(C(=O)c2cccnc2F)C1. The molecule has 1 aliphatic heterocycles. The molecule has 0 saturated carbocycles. The smallest absolute Gasteiger partial charge is 0.258 e. The first kappa shape index (κ1) is 12.0. The minimum Gasteiger partial charge on any atom is -0.380 e. The molecule has 92 valence electrons. The Balaban J connectivity index is 2.12. The zero-order chi connectivity index (χ0) is 12.3. The van der Waals surface area contributed by atoms with Gasteiger partial charge in [-0.2, -0.15) is 4.39 Å². The molecule has 17 heavy (non-hydrogen) atoms. The summed E-state index contributed by atoms with van der Waals surface area (Å²) in [6.07, 6.45) is 3.20. The van der Waals surface area contributed by atoms with E-state index in [-0.39, 0.29) is 17.6 Å². The topological polar surface area (TPSA) is 42.4 Å². The summed E-state index contributed by atoms with van der Waals surface area (Å²) in [5, 5.41) is 0. The molecule has 4 nitrogen and oxygen atoms in total. The summed E-state index contributed by atoms with van der Waals surface area (Å²) in [4.78, 5) is 17.2. The van der Waals surface area contributed by atoms with Gasteiger partial charge in [0.05, 0.1) is 11.7 Å². The van der Waals surface area contributed by atoms with Crippen LogP contribution >= 0.6 is 0 Å². The third-order valence-electron chi connectivity index (χ3n) is 2.99. The molecule has 0 N–H and O–H groups in total. The van der Waals surface area contributed by atoms with Gasteiger partial charge in [-0.15, -0.1) is 0 Å². The number of hydrogen-bond donors (Lipinski definition) is 0. The molecule has 2 rings (SSSR count). The Hall–Kier alpha value is -1.49. The molecule has 5 heteroatoms. The van der Waals surface area contributed by atoms with Gasteiger partial charge < -0.3 is 9.64 Å². The normalized spacial score (nSPS) is 20.4. The van der Waals surface area contributed by atoms with Crippen LogP contribution in [0.4, 0.5) is 4.39 Å². The quantitative estimate of drug-likeness (QED) is 0.733. The number of methoxy groups -OCH3 is 1. The van der Waals surface area contributed by atoms with Gasteiger partial charge in [0, 0.05) is 26.4 Å². The molecule has 2 heterocycles. The number of likely N-dealkylation sites (tertiary alicyclic amines) is 1. The van der Waals surface area contributed by atoms with E-state index in [1.165, 1.54) is 12.3 Å². The van der Waals surface area contributed by atoms with Gasteiger partial charge in [-0.05, 0) is 25.0 Å². The molecular weight excluding hydrogens is 223 g/mol. The molecular formula is C12H15FN2O2. The lowest BCUT2D eigenvalue weighted by atomic mass is 10.1. The number of carbonyl (C=O) groups is 1. The van der Waals surface area contributed by atoms with Crippen molar-refractivity contribution in [1.82, 2.24) is 9.88 Å². The fraction of sp³-hybridized carbons (Fsp3) is 0.500. The second kappa shape index (κ2) is 5.23. The van der Waals surface area contributed by atoms with E-state index >= 15 is 0 Å². The molecule has 1 atom stereocenters. The molecule has 0 aromatic carbocycles. The van der Waals surface area contributed by atoms with E-state index in [0.29, 0.717) is 13.1 Å². The van der Waals surface area contributed by atoms with E-state index in [1.807, 2.05) is 0 Å². The van der Waals surface area contributed by atoms with Crippen LogP contribution in [-0.2, 0) is 4.74 Å². The predicted molar refractivity (Wildman–Crippen MR) is 60.1 cm³/mol. The third kappa shape index (κ3) is 2.61. The van der Waals surface area contributed by atoms with Gasteiger partial charge >= 0.3 is 0 Å². The van der Waals surface area contributed by atoms with Crippen LogP contribution in [-0.4, -0.2) is 42.1 Å². The van der Waals surface area contributed by atoms with Gasteiger partial charge in [-0.1, -0.05) is 0 Å². The number of hydrogen-bond acceptors (Lipinski definition) is 3. The van der Waals surface area contributed by atoms with Crippen LogP contribution in [0.15, 0.2) is 18.3 Å². The number of nitrogens with zero attached hydrogens (tertiary/aromatic N) is 2. The fourth-order valence-electron chi connectivity index (χ4n) is 2.03. The third-order valence-corrected chi connectivity index (χ3v) is 2.99. The van der Waals surface area contributed by atoms with Gasteiger partial charge in [0.25, 0.3) is 5.91 Å². The van der Waals surface area contributed by atoms with Crippen molar-refractivity contribution < 1.29 is 13.9 Å². The van der Waals surface area contributed by atoms with Crippen molar-refractivity contribution in [2.75, 3.05) is 20.2 Å². The Morgan fingerprint density at radius 2 is 2.47 bits per heavy atom. The largest absolute Gasteiger partial charge is 0.380 e. The van der Waals surface area contributed by atoms with Gasteiger partial charge in [0.15, 0.2) is 0 Å². The average molecular weight is 238 g/mol. The highest BCUT2D eigenvalue weighted by atomic mass is 19.1. The van der Waals surface area contributed by atoms with Gasteiger partial charge in [-0.25, -0.2) is 4.98 Å². The average Bonchev–Trinajstić information content (AvgIpc) is 2.38. The summed E-state index contributed by atoms with van der Waals surface area (Å²) < 4.78 is 18.6. The molecule has 0 bridgehead atoms. The number of ether oxygens (including phenoxy) is 1. The number of carbonyl (C=O) groups excluding carboxylic acids is 1. The Labute approximate surface area is 99.4 Å². The zero-order valence-electron chi connectivity index (χ0n) is 9.73. The van der Waals surface area contributed by atoms with Crippen molar-refractivity contribution in [2.24, 2.45) is 0 Å². The Morgan fingerprint density at radius 3 is 3.18 bits per heavy atom. The van der Waals surface area contributed by atoms with Crippen molar-refractivity contribution in [3.63, 3.8) is 0 Å². The highest BCUT2D eigenvalue weighted by Gasteiger charge is 2.25. The van der Waals surface area contributed by atoms with Gasteiger partial charge in [0.2, 0.25) is 5.95 Å². The second-order valence-electron chi connectivity index (χ2n) is 4.09. The number of amides is 1. The second-order valence-corrected chi connectivity index (χ2v) is 4.09. The molecule has 1 unspecified atom stereocenters. The van der Waals surface area contributed by atoms with Crippen molar-refractivity contribution >= 4 is 5.91 Å². The van der Waals surface area contributed by atoms with Crippen molar-refractivity contribution in [2.45, 2.75) is 18.9 Å². The Kier molecular flexibility index (Phi) is 3.68. The summed E-state index contributed by atoms with van der Waals surface area (Å²) >= 11 is 0. The molecule has 0 spiro atoms.